The molecule has 0 atom stereocenters. The maximum atomic E-state index is 12.6. The zero-order valence-electron chi connectivity index (χ0n) is 17.4. The van der Waals surface area contributed by atoms with Crippen molar-refractivity contribution in [3.63, 3.8) is 0 Å². The number of anilines is 1. The molecule has 2 aromatic heterocycles. The van der Waals surface area contributed by atoms with E-state index in [1.807, 2.05) is 11.0 Å². The lowest BCUT2D eigenvalue weighted by Gasteiger charge is -2.30. The number of oxazole rings is 1. The third kappa shape index (κ3) is 4.06. The molecule has 0 saturated carbocycles. The fourth-order valence-corrected chi connectivity index (χ4v) is 3.78. The highest BCUT2D eigenvalue weighted by atomic mass is 16.7. The van der Waals surface area contributed by atoms with Gasteiger partial charge >= 0.3 is 0 Å². The normalized spacial score (nSPS) is 15.2. The first-order chi connectivity index (χ1) is 16.1. The number of carbonyl (C=O) groups excluding carboxylic acids is 2. The van der Waals surface area contributed by atoms with Gasteiger partial charge in [-0.05, 0) is 43.2 Å². The quantitative estimate of drug-likeness (QED) is 0.573. The molecule has 33 heavy (non-hydrogen) atoms. The molecule has 2 N–H and O–H groups in total. The van der Waals surface area contributed by atoms with Gasteiger partial charge in [0, 0.05) is 24.6 Å². The Balaban J connectivity index is 1.16. The van der Waals surface area contributed by atoms with Crippen LogP contribution < -0.4 is 25.2 Å². The van der Waals surface area contributed by atoms with Crippen LogP contribution in [-0.4, -0.2) is 36.7 Å². The van der Waals surface area contributed by atoms with E-state index in [9.17, 15) is 14.9 Å². The number of nitrogens with one attached hydrogen (secondary N) is 2. The highest BCUT2D eigenvalue weighted by molar-refractivity contribution is 5.96. The van der Waals surface area contributed by atoms with E-state index in [0.717, 1.165) is 0 Å². The molecule has 1 saturated heterocycles. The third-order valence-electron chi connectivity index (χ3n) is 5.53. The summed E-state index contributed by atoms with van der Waals surface area (Å²) in [5.74, 6) is 1.06. The molecule has 4 heterocycles. The van der Waals surface area contributed by atoms with Crippen LogP contribution >= 0.6 is 0 Å². The van der Waals surface area contributed by atoms with E-state index in [1.54, 1.807) is 30.3 Å². The lowest BCUT2D eigenvalue weighted by atomic mass is 9.96. The van der Waals surface area contributed by atoms with Crippen molar-refractivity contribution in [2.45, 2.75) is 12.8 Å². The van der Waals surface area contributed by atoms with Crippen LogP contribution in [0.25, 0.3) is 11.7 Å². The van der Waals surface area contributed by atoms with E-state index in [1.165, 1.54) is 6.26 Å². The van der Waals surface area contributed by atoms with Gasteiger partial charge in [0.2, 0.25) is 24.3 Å². The molecule has 2 amide bonds. The summed E-state index contributed by atoms with van der Waals surface area (Å²) in [6.45, 7) is 1.11. The Morgan fingerprint density at radius 1 is 1.12 bits per heavy atom. The number of fused-ring (bicyclic) bond motifs is 1. The summed E-state index contributed by atoms with van der Waals surface area (Å²) in [4.78, 5) is 31.0. The summed E-state index contributed by atoms with van der Waals surface area (Å²) >= 11 is 0. The number of amides is 2. The smallest absolute Gasteiger partial charge is 0.269 e. The van der Waals surface area contributed by atoms with Crippen molar-refractivity contribution in [3.05, 3.63) is 47.9 Å². The minimum atomic E-state index is -0.454. The first-order valence-electron chi connectivity index (χ1n) is 10.3. The molecule has 1 aromatic carbocycles. The largest absolute Gasteiger partial charge is 0.459 e. The highest BCUT2D eigenvalue weighted by Gasteiger charge is 2.29. The number of hydrogen-bond donors (Lipinski definition) is 2. The second kappa shape index (κ2) is 8.58. The summed E-state index contributed by atoms with van der Waals surface area (Å²) in [5, 5.41) is 9.42. The number of nitrogens with zero attached hydrogens (tertiary/aromatic N) is 3. The second-order valence-electron chi connectivity index (χ2n) is 7.53. The van der Waals surface area contributed by atoms with Crippen molar-refractivity contribution >= 4 is 17.7 Å². The standard InChI is InChI=1S/C22H19N5O6/c23-11-15-22(33-21(24-15)17-2-1-9-30-17)27-7-5-13(6-8-27)19(28)25-26-20(29)14-3-4-16-18(10-14)32-12-31-16/h1-4,9-10,13H,5-8,12H2,(H,25,28)(H,26,29). The van der Waals surface area contributed by atoms with Gasteiger partial charge in [-0.3, -0.25) is 20.4 Å². The van der Waals surface area contributed by atoms with E-state index in [-0.39, 0.29) is 30.2 Å². The van der Waals surface area contributed by atoms with Gasteiger partial charge in [-0.1, -0.05) is 0 Å². The molecule has 11 nitrogen and oxygen atoms in total. The SMILES string of the molecule is N#Cc1nc(-c2ccco2)oc1N1CCC(C(=O)NNC(=O)c2ccc3c(c2)OCO3)CC1. The topological polar surface area (TPSA) is 143 Å². The number of furan rings is 1. The molecule has 0 spiro atoms. The van der Waals surface area contributed by atoms with Crippen molar-refractivity contribution in [3.8, 4) is 29.2 Å². The van der Waals surface area contributed by atoms with Crippen molar-refractivity contribution in [1.82, 2.24) is 15.8 Å². The molecule has 11 heteroatoms. The molecule has 1 fully saturated rings. The van der Waals surface area contributed by atoms with Gasteiger partial charge in [-0.15, -0.1) is 0 Å². The molecule has 168 valence electrons. The number of nitriles is 1. The molecule has 0 radical (unpaired) electrons. The van der Waals surface area contributed by atoms with Crippen molar-refractivity contribution in [2.24, 2.45) is 5.92 Å². The minimum Gasteiger partial charge on any atom is -0.459 e. The Labute approximate surface area is 187 Å². The Morgan fingerprint density at radius 3 is 2.70 bits per heavy atom. The Kier molecular flexibility index (Phi) is 5.32. The van der Waals surface area contributed by atoms with E-state index < -0.39 is 5.91 Å². The molecule has 3 aromatic rings. The van der Waals surface area contributed by atoms with Gasteiger partial charge in [0.1, 0.15) is 6.07 Å². The van der Waals surface area contributed by atoms with Crippen molar-refractivity contribution in [1.29, 1.82) is 5.26 Å². The zero-order chi connectivity index (χ0) is 22.8. The number of ether oxygens (including phenoxy) is 2. The summed E-state index contributed by atoms with van der Waals surface area (Å²) in [5.41, 5.74) is 5.44. The maximum Gasteiger partial charge on any atom is 0.269 e. The second-order valence-corrected chi connectivity index (χ2v) is 7.53. The van der Waals surface area contributed by atoms with Crippen LogP contribution in [0.4, 0.5) is 5.88 Å². The predicted molar refractivity (Wildman–Crippen MR) is 112 cm³/mol. The van der Waals surface area contributed by atoms with Crippen LogP contribution in [0.2, 0.25) is 0 Å². The van der Waals surface area contributed by atoms with Gasteiger partial charge in [0.15, 0.2) is 17.3 Å². The monoisotopic (exact) mass is 449 g/mol. The number of benzene rings is 1. The maximum absolute atomic E-state index is 12.6. The highest BCUT2D eigenvalue weighted by Crippen LogP contribution is 2.33. The zero-order valence-corrected chi connectivity index (χ0v) is 17.4. The van der Waals surface area contributed by atoms with Crippen LogP contribution in [0.5, 0.6) is 11.5 Å². The van der Waals surface area contributed by atoms with Gasteiger partial charge in [0.05, 0.1) is 6.26 Å². The van der Waals surface area contributed by atoms with Crippen LogP contribution in [0, 0.1) is 17.2 Å². The van der Waals surface area contributed by atoms with Crippen LogP contribution in [0.1, 0.15) is 28.9 Å². The van der Waals surface area contributed by atoms with E-state index in [4.69, 9.17) is 18.3 Å². The average Bonchev–Trinajstić information content (AvgIpc) is 3.61. The van der Waals surface area contributed by atoms with Crippen LogP contribution in [0.3, 0.4) is 0 Å². The third-order valence-corrected chi connectivity index (χ3v) is 5.53. The number of aromatic nitrogens is 1. The Hall–Kier alpha value is -4.46. The molecule has 0 unspecified atom stereocenters. The minimum absolute atomic E-state index is 0.115. The summed E-state index contributed by atoms with van der Waals surface area (Å²) < 4.78 is 21.5. The van der Waals surface area contributed by atoms with E-state index in [0.29, 0.717) is 54.6 Å². The summed E-state index contributed by atoms with van der Waals surface area (Å²) in [6.07, 6.45) is 2.54. The van der Waals surface area contributed by atoms with Gasteiger partial charge in [-0.25, -0.2) is 0 Å². The number of piperidine rings is 1. The van der Waals surface area contributed by atoms with Crippen LogP contribution in [0.15, 0.2) is 45.4 Å². The fourth-order valence-electron chi connectivity index (χ4n) is 3.78. The van der Waals surface area contributed by atoms with Gasteiger partial charge < -0.3 is 23.2 Å². The van der Waals surface area contributed by atoms with Gasteiger partial charge in [-0.2, -0.15) is 10.2 Å². The van der Waals surface area contributed by atoms with Gasteiger partial charge in [0.25, 0.3) is 11.8 Å². The Bertz CT molecular complexity index is 1220. The number of rotatable bonds is 4. The average molecular weight is 449 g/mol. The number of hydrogen-bond acceptors (Lipinski definition) is 9. The van der Waals surface area contributed by atoms with Crippen molar-refractivity contribution in [2.75, 3.05) is 24.8 Å². The lowest BCUT2D eigenvalue weighted by Crippen LogP contribution is -2.47. The predicted octanol–water partition coefficient (Wildman–Crippen LogP) is 2.21. The molecule has 5 rings (SSSR count). The summed E-state index contributed by atoms with van der Waals surface area (Å²) in [6, 6.07) is 10.2. The number of carbonyl (C=O) groups is 2. The molecule has 2 aliphatic rings. The first kappa shape index (κ1) is 20.4. The fraction of sp³-hybridized carbons (Fsp3) is 0.273. The molecule has 0 aliphatic carbocycles. The van der Waals surface area contributed by atoms with E-state index >= 15 is 0 Å². The number of hydrazine groups is 1. The van der Waals surface area contributed by atoms with Crippen molar-refractivity contribution < 1.29 is 27.9 Å². The first-order valence-corrected chi connectivity index (χ1v) is 10.3. The Morgan fingerprint density at radius 2 is 1.94 bits per heavy atom. The molecular formula is C22H19N5O6. The molecule has 2 aliphatic heterocycles. The van der Waals surface area contributed by atoms with Crippen LogP contribution in [-0.2, 0) is 4.79 Å². The van der Waals surface area contributed by atoms with E-state index in [2.05, 4.69) is 15.8 Å². The molecular weight excluding hydrogens is 430 g/mol. The lowest BCUT2D eigenvalue weighted by molar-refractivity contribution is -0.126. The summed E-state index contributed by atoms with van der Waals surface area (Å²) in [7, 11) is 0. The molecule has 0 bridgehead atoms.